The van der Waals surface area contributed by atoms with Crippen LogP contribution < -0.4 is 10.5 Å². The molecule has 0 saturated carbocycles. The van der Waals surface area contributed by atoms with E-state index in [1.54, 1.807) is 0 Å². The molecule has 0 aliphatic carbocycles. The Hall–Kier alpha value is -1.02. The second-order valence-electron chi connectivity index (χ2n) is 4.12. The summed E-state index contributed by atoms with van der Waals surface area (Å²) < 4.78 is 5.61. The van der Waals surface area contributed by atoms with Crippen LogP contribution in [0.2, 0.25) is 0 Å². The quantitative estimate of drug-likeness (QED) is 0.774. The highest BCUT2D eigenvalue weighted by Gasteiger charge is 2.16. The van der Waals surface area contributed by atoms with Crippen LogP contribution in [0.15, 0.2) is 12.1 Å². The third-order valence-electron chi connectivity index (χ3n) is 2.76. The van der Waals surface area contributed by atoms with Gasteiger partial charge in [-0.15, -0.1) is 0 Å². The molecule has 1 aromatic carbocycles. The lowest BCUT2D eigenvalue weighted by Gasteiger charge is -2.11. The van der Waals surface area contributed by atoms with Crippen LogP contribution in [-0.2, 0) is 12.8 Å². The van der Waals surface area contributed by atoms with E-state index in [9.17, 15) is 0 Å². The summed E-state index contributed by atoms with van der Waals surface area (Å²) in [7, 11) is 0. The smallest absolute Gasteiger partial charge is 0.125 e. The predicted octanol–water partition coefficient (Wildman–Crippen LogP) is 1.82. The van der Waals surface area contributed by atoms with E-state index < -0.39 is 0 Å². The Morgan fingerprint density at radius 1 is 1.50 bits per heavy atom. The van der Waals surface area contributed by atoms with Crippen LogP contribution in [0.1, 0.15) is 23.6 Å². The van der Waals surface area contributed by atoms with E-state index in [4.69, 9.17) is 10.5 Å². The SMILES string of the molecule is Cc1c(C[C@@H](C)N)ccc2c1OCC2. The minimum absolute atomic E-state index is 0.216. The summed E-state index contributed by atoms with van der Waals surface area (Å²) in [5.41, 5.74) is 9.74. The van der Waals surface area contributed by atoms with E-state index in [0.29, 0.717) is 0 Å². The fourth-order valence-electron chi connectivity index (χ4n) is 2.02. The first-order valence-corrected chi connectivity index (χ1v) is 5.18. The zero-order valence-electron chi connectivity index (χ0n) is 8.84. The average Bonchev–Trinajstić information content (AvgIpc) is 2.57. The fourth-order valence-corrected chi connectivity index (χ4v) is 2.02. The Balaban J connectivity index is 2.35. The van der Waals surface area contributed by atoms with Crippen LogP contribution in [0.4, 0.5) is 0 Å². The molecule has 0 unspecified atom stereocenters. The lowest BCUT2D eigenvalue weighted by atomic mass is 9.98. The van der Waals surface area contributed by atoms with Crippen molar-refractivity contribution in [3.63, 3.8) is 0 Å². The van der Waals surface area contributed by atoms with Crippen LogP contribution in [0, 0.1) is 6.92 Å². The summed E-state index contributed by atoms with van der Waals surface area (Å²) in [5, 5.41) is 0. The second-order valence-corrected chi connectivity index (χ2v) is 4.12. The third-order valence-corrected chi connectivity index (χ3v) is 2.76. The van der Waals surface area contributed by atoms with E-state index in [1.807, 2.05) is 6.92 Å². The number of rotatable bonds is 2. The van der Waals surface area contributed by atoms with Gasteiger partial charge in [-0.2, -0.15) is 0 Å². The summed E-state index contributed by atoms with van der Waals surface area (Å²) in [5.74, 6) is 1.10. The number of ether oxygens (including phenoxy) is 1. The summed E-state index contributed by atoms with van der Waals surface area (Å²) in [6.07, 6.45) is 1.98. The van der Waals surface area contributed by atoms with Crippen molar-refractivity contribution < 1.29 is 4.74 Å². The predicted molar refractivity (Wildman–Crippen MR) is 57.7 cm³/mol. The van der Waals surface area contributed by atoms with Crippen LogP contribution in [0.25, 0.3) is 0 Å². The molecule has 2 rings (SSSR count). The Kier molecular flexibility index (Phi) is 2.46. The van der Waals surface area contributed by atoms with Gasteiger partial charge in [0.15, 0.2) is 0 Å². The molecule has 0 radical (unpaired) electrons. The first-order chi connectivity index (χ1) is 6.68. The Morgan fingerprint density at radius 2 is 2.29 bits per heavy atom. The van der Waals surface area contributed by atoms with Crippen molar-refractivity contribution in [2.45, 2.75) is 32.7 Å². The van der Waals surface area contributed by atoms with Gasteiger partial charge < -0.3 is 10.5 Å². The van der Waals surface area contributed by atoms with E-state index in [0.717, 1.165) is 25.2 Å². The van der Waals surface area contributed by atoms with Crippen molar-refractivity contribution >= 4 is 0 Å². The summed E-state index contributed by atoms with van der Waals surface area (Å²) >= 11 is 0. The molecule has 2 N–H and O–H groups in total. The molecule has 0 bridgehead atoms. The van der Waals surface area contributed by atoms with Gasteiger partial charge in [0.1, 0.15) is 5.75 Å². The molecule has 2 heteroatoms. The van der Waals surface area contributed by atoms with E-state index in [1.165, 1.54) is 16.7 Å². The summed E-state index contributed by atoms with van der Waals surface area (Å²) in [6, 6.07) is 4.58. The average molecular weight is 191 g/mol. The summed E-state index contributed by atoms with van der Waals surface area (Å²) in [4.78, 5) is 0. The highest BCUT2D eigenvalue weighted by molar-refractivity contribution is 5.47. The topological polar surface area (TPSA) is 35.2 Å². The molecule has 1 aliphatic heterocycles. The van der Waals surface area contributed by atoms with Crippen molar-refractivity contribution in [3.8, 4) is 5.75 Å². The maximum absolute atomic E-state index is 5.80. The minimum atomic E-state index is 0.216. The van der Waals surface area contributed by atoms with Crippen LogP contribution in [0.5, 0.6) is 5.75 Å². The molecular formula is C12H17NO. The second kappa shape index (κ2) is 3.62. The van der Waals surface area contributed by atoms with Crippen LogP contribution in [0.3, 0.4) is 0 Å². The standard InChI is InChI=1S/C12H17NO/c1-8(13)7-11-4-3-10-5-6-14-12(10)9(11)2/h3-4,8H,5-7,13H2,1-2H3/t8-/m1/s1. The van der Waals surface area contributed by atoms with Crippen molar-refractivity contribution in [1.82, 2.24) is 0 Å². The number of hydrogen-bond donors (Lipinski definition) is 1. The molecule has 2 nitrogen and oxygen atoms in total. The molecule has 0 aromatic heterocycles. The van der Waals surface area contributed by atoms with E-state index in [2.05, 4.69) is 19.1 Å². The van der Waals surface area contributed by atoms with Gasteiger partial charge in [-0.05, 0) is 37.0 Å². The Morgan fingerprint density at radius 3 is 3.00 bits per heavy atom. The molecule has 0 spiro atoms. The van der Waals surface area contributed by atoms with Gasteiger partial charge in [0.05, 0.1) is 6.61 Å². The Labute approximate surface area is 85.1 Å². The van der Waals surface area contributed by atoms with E-state index >= 15 is 0 Å². The molecule has 1 heterocycles. The normalized spacial score (nSPS) is 16.2. The monoisotopic (exact) mass is 191 g/mol. The number of hydrogen-bond acceptors (Lipinski definition) is 2. The van der Waals surface area contributed by atoms with Crippen LogP contribution >= 0.6 is 0 Å². The summed E-state index contributed by atoms with van der Waals surface area (Å²) in [6.45, 7) is 4.99. The number of benzene rings is 1. The minimum Gasteiger partial charge on any atom is -0.493 e. The van der Waals surface area contributed by atoms with Gasteiger partial charge in [0.2, 0.25) is 0 Å². The van der Waals surface area contributed by atoms with Crippen molar-refractivity contribution in [3.05, 3.63) is 28.8 Å². The molecule has 0 amide bonds. The van der Waals surface area contributed by atoms with Gasteiger partial charge in [-0.3, -0.25) is 0 Å². The molecule has 14 heavy (non-hydrogen) atoms. The number of fused-ring (bicyclic) bond motifs is 1. The lowest BCUT2D eigenvalue weighted by Crippen LogP contribution is -2.18. The zero-order chi connectivity index (χ0) is 10.1. The van der Waals surface area contributed by atoms with Gasteiger partial charge in [0.25, 0.3) is 0 Å². The molecule has 76 valence electrons. The van der Waals surface area contributed by atoms with Crippen molar-refractivity contribution in [2.24, 2.45) is 5.73 Å². The lowest BCUT2D eigenvalue weighted by molar-refractivity contribution is 0.354. The molecule has 0 fully saturated rings. The van der Waals surface area contributed by atoms with Gasteiger partial charge in [-0.25, -0.2) is 0 Å². The largest absolute Gasteiger partial charge is 0.493 e. The molecule has 1 atom stereocenters. The highest BCUT2D eigenvalue weighted by Crippen LogP contribution is 2.31. The first-order valence-electron chi connectivity index (χ1n) is 5.18. The third kappa shape index (κ3) is 1.62. The van der Waals surface area contributed by atoms with Gasteiger partial charge in [-0.1, -0.05) is 12.1 Å². The first kappa shape index (κ1) is 9.53. The Bertz CT molecular complexity index is 344. The van der Waals surface area contributed by atoms with Crippen molar-refractivity contribution in [2.75, 3.05) is 6.61 Å². The van der Waals surface area contributed by atoms with Crippen LogP contribution in [-0.4, -0.2) is 12.6 Å². The highest BCUT2D eigenvalue weighted by atomic mass is 16.5. The van der Waals surface area contributed by atoms with Crippen molar-refractivity contribution in [1.29, 1.82) is 0 Å². The maximum Gasteiger partial charge on any atom is 0.125 e. The zero-order valence-corrected chi connectivity index (χ0v) is 8.84. The van der Waals surface area contributed by atoms with E-state index in [-0.39, 0.29) is 6.04 Å². The fraction of sp³-hybridized carbons (Fsp3) is 0.500. The van der Waals surface area contributed by atoms with Gasteiger partial charge >= 0.3 is 0 Å². The molecular weight excluding hydrogens is 174 g/mol. The maximum atomic E-state index is 5.80. The van der Waals surface area contributed by atoms with Gasteiger partial charge in [0, 0.05) is 12.5 Å². The molecule has 0 saturated heterocycles. The molecule has 1 aromatic rings. The number of nitrogens with two attached hydrogens (primary N) is 1. The molecule has 1 aliphatic rings.